The van der Waals surface area contributed by atoms with Crippen molar-refractivity contribution in [1.82, 2.24) is 10.2 Å². The van der Waals surface area contributed by atoms with Crippen LogP contribution in [0.2, 0.25) is 0 Å². The highest BCUT2D eigenvalue weighted by molar-refractivity contribution is 5.21. The van der Waals surface area contributed by atoms with Gasteiger partial charge >= 0.3 is 0 Å². The zero-order valence-electron chi connectivity index (χ0n) is 12.5. The van der Waals surface area contributed by atoms with Crippen molar-refractivity contribution in [2.45, 2.75) is 38.3 Å². The minimum Gasteiger partial charge on any atom is -0.395 e. The second-order valence-corrected chi connectivity index (χ2v) is 5.59. The lowest BCUT2D eigenvalue weighted by molar-refractivity contribution is 0.182. The van der Waals surface area contributed by atoms with Crippen LogP contribution in [-0.4, -0.2) is 42.3 Å². The number of aliphatic hydroxyl groups is 1. The van der Waals surface area contributed by atoms with E-state index in [1.54, 1.807) is 0 Å². The smallest absolute Gasteiger partial charge is 0.126 e. The largest absolute Gasteiger partial charge is 0.395 e. The number of aliphatic hydroxyl groups excluding tert-OH is 1. The second kappa shape index (κ2) is 7.82. The molecule has 5 heteroatoms. The average Bonchev–Trinajstić information content (AvgIpc) is 3.25. The Kier molecular flexibility index (Phi) is 6.08. The molecule has 3 nitrogen and oxygen atoms in total. The lowest BCUT2D eigenvalue weighted by Gasteiger charge is -2.25. The summed E-state index contributed by atoms with van der Waals surface area (Å²) < 4.78 is 26.8. The Bertz CT molecular complexity index is 432. The molecule has 21 heavy (non-hydrogen) atoms. The normalized spacial score (nSPS) is 16.4. The topological polar surface area (TPSA) is 35.5 Å². The summed E-state index contributed by atoms with van der Waals surface area (Å²) in [5.41, 5.74) is 0.647. The van der Waals surface area contributed by atoms with E-state index in [1.165, 1.54) is 25.0 Å². The first-order valence-corrected chi connectivity index (χ1v) is 7.68. The van der Waals surface area contributed by atoms with Gasteiger partial charge in [-0.15, -0.1) is 0 Å². The monoisotopic (exact) mass is 298 g/mol. The lowest BCUT2D eigenvalue weighted by atomic mass is 10.0. The van der Waals surface area contributed by atoms with E-state index in [0.717, 1.165) is 25.6 Å². The number of rotatable bonds is 9. The van der Waals surface area contributed by atoms with Crippen molar-refractivity contribution in [3.05, 3.63) is 35.4 Å². The van der Waals surface area contributed by atoms with E-state index in [0.29, 0.717) is 18.2 Å². The molecule has 1 aromatic carbocycles. The predicted octanol–water partition coefficient (Wildman–Crippen LogP) is 2.46. The van der Waals surface area contributed by atoms with Crippen LogP contribution < -0.4 is 5.32 Å². The van der Waals surface area contributed by atoms with Crippen molar-refractivity contribution in [1.29, 1.82) is 0 Å². The Morgan fingerprint density at radius 3 is 2.43 bits per heavy atom. The quantitative estimate of drug-likeness (QED) is 0.735. The van der Waals surface area contributed by atoms with Gasteiger partial charge in [0.2, 0.25) is 0 Å². The Hall–Kier alpha value is -1.04. The Balaban J connectivity index is 2.00. The van der Waals surface area contributed by atoms with Crippen LogP contribution in [-0.2, 0) is 0 Å². The molecule has 0 spiro atoms. The lowest BCUT2D eigenvalue weighted by Crippen LogP contribution is -2.33. The summed E-state index contributed by atoms with van der Waals surface area (Å²) in [6.07, 6.45) is 3.13. The molecule has 1 unspecified atom stereocenters. The summed E-state index contributed by atoms with van der Waals surface area (Å²) in [6.45, 7) is 4.36. The van der Waals surface area contributed by atoms with Gasteiger partial charge in [-0.05, 0) is 43.5 Å². The summed E-state index contributed by atoms with van der Waals surface area (Å²) in [7, 11) is 0. The van der Waals surface area contributed by atoms with Crippen molar-refractivity contribution in [2.24, 2.45) is 0 Å². The van der Waals surface area contributed by atoms with Crippen LogP contribution in [0.25, 0.3) is 0 Å². The zero-order chi connectivity index (χ0) is 15.2. The molecule has 1 fully saturated rings. The highest BCUT2D eigenvalue weighted by atomic mass is 19.1. The SMILES string of the molecule is CCNC(CCN(CCO)C1CC1)c1cc(F)cc(F)c1. The zero-order valence-corrected chi connectivity index (χ0v) is 12.5. The Labute approximate surface area is 125 Å². The molecule has 0 heterocycles. The third kappa shape index (κ3) is 5.02. The second-order valence-electron chi connectivity index (χ2n) is 5.59. The highest BCUT2D eigenvalue weighted by Crippen LogP contribution is 2.28. The summed E-state index contributed by atoms with van der Waals surface area (Å²) in [5.74, 6) is -1.08. The molecule has 0 aromatic heterocycles. The molecular formula is C16H24F2N2O. The molecule has 1 atom stereocenters. The van der Waals surface area contributed by atoms with Crippen LogP contribution in [0.4, 0.5) is 8.78 Å². The third-order valence-corrected chi connectivity index (χ3v) is 3.89. The summed E-state index contributed by atoms with van der Waals surface area (Å²) >= 11 is 0. The Morgan fingerprint density at radius 2 is 1.90 bits per heavy atom. The molecule has 1 saturated carbocycles. The van der Waals surface area contributed by atoms with Gasteiger partial charge in [-0.3, -0.25) is 4.90 Å². The Morgan fingerprint density at radius 1 is 1.24 bits per heavy atom. The van der Waals surface area contributed by atoms with Gasteiger partial charge < -0.3 is 10.4 Å². The fraction of sp³-hybridized carbons (Fsp3) is 0.625. The number of hydrogen-bond donors (Lipinski definition) is 2. The van der Waals surface area contributed by atoms with Gasteiger partial charge in [0.25, 0.3) is 0 Å². The van der Waals surface area contributed by atoms with Crippen molar-refractivity contribution in [3.63, 3.8) is 0 Å². The standard InChI is InChI=1S/C16H24F2N2O/c1-2-19-16(12-9-13(17)11-14(18)10-12)5-6-20(7-8-21)15-3-4-15/h9-11,15-16,19,21H,2-8H2,1H3. The molecule has 0 radical (unpaired) electrons. The van der Waals surface area contributed by atoms with Gasteiger partial charge in [0.15, 0.2) is 0 Å². The molecule has 0 amide bonds. The molecule has 0 bridgehead atoms. The van der Waals surface area contributed by atoms with Crippen LogP contribution >= 0.6 is 0 Å². The number of nitrogens with one attached hydrogen (secondary N) is 1. The molecule has 1 aromatic rings. The maximum absolute atomic E-state index is 13.4. The molecular weight excluding hydrogens is 274 g/mol. The minimum absolute atomic E-state index is 0.0693. The minimum atomic E-state index is -0.540. The third-order valence-electron chi connectivity index (χ3n) is 3.89. The molecule has 118 valence electrons. The van der Waals surface area contributed by atoms with Crippen molar-refractivity contribution >= 4 is 0 Å². The maximum Gasteiger partial charge on any atom is 0.126 e. The van der Waals surface area contributed by atoms with E-state index in [4.69, 9.17) is 5.11 Å². The van der Waals surface area contributed by atoms with Crippen LogP contribution in [0.5, 0.6) is 0 Å². The van der Waals surface area contributed by atoms with Gasteiger partial charge in [0.1, 0.15) is 11.6 Å². The van der Waals surface area contributed by atoms with Gasteiger partial charge in [-0.1, -0.05) is 6.92 Å². The summed E-state index contributed by atoms with van der Waals surface area (Å²) in [4.78, 5) is 2.26. The van der Waals surface area contributed by atoms with E-state index in [-0.39, 0.29) is 12.6 Å². The molecule has 0 aliphatic heterocycles. The summed E-state index contributed by atoms with van der Waals surface area (Å²) in [5, 5.41) is 12.4. The maximum atomic E-state index is 13.4. The van der Waals surface area contributed by atoms with Crippen molar-refractivity contribution in [2.75, 3.05) is 26.2 Å². The van der Waals surface area contributed by atoms with Gasteiger partial charge in [0, 0.05) is 31.2 Å². The van der Waals surface area contributed by atoms with Crippen LogP contribution in [0.3, 0.4) is 0 Å². The van der Waals surface area contributed by atoms with E-state index < -0.39 is 11.6 Å². The van der Waals surface area contributed by atoms with E-state index in [9.17, 15) is 8.78 Å². The van der Waals surface area contributed by atoms with Crippen molar-refractivity contribution < 1.29 is 13.9 Å². The molecule has 1 aliphatic carbocycles. The first-order valence-electron chi connectivity index (χ1n) is 7.68. The van der Waals surface area contributed by atoms with Crippen LogP contribution in [0.1, 0.15) is 37.8 Å². The van der Waals surface area contributed by atoms with E-state index >= 15 is 0 Å². The molecule has 2 N–H and O–H groups in total. The summed E-state index contributed by atoms with van der Waals surface area (Å²) in [6, 6.07) is 4.19. The van der Waals surface area contributed by atoms with Gasteiger partial charge in [-0.25, -0.2) is 8.78 Å². The molecule has 0 saturated heterocycles. The first-order chi connectivity index (χ1) is 10.1. The average molecular weight is 298 g/mol. The highest BCUT2D eigenvalue weighted by Gasteiger charge is 2.28. The van der Waals surface area contributed by atoms with Crippen molar-refractivity contribution in [3.8, 4) is 0 Å². The number of benzene rings is 1. The number of hydrogen-bond acceptors (Lipinski definition) is 3. The van der Waals surface area contributed by atoms with Crippen LogP contribution in [0, 0.1) is 11.6 Å². The predicted molar refractivity (Wildman–Crippen MR) is 79.1 cm³/mol. The van der Waals surface area contributed by atoms with Gasteiger partial charge in [-0.2, -0.15) is 0 Å². The van der Waals surface area contributed by atoms with E-state index in [1.807, 2.05) is 6.92 Å². The fourth-order valence-corrected chi connectivity index (χ4v) is 2.75. The number of halogens is 2. The first kappa shape index (κ1) is 16.3. The molecule has 1 aliphatic rings. The molecule has 2 rings (SSSR count). The number of nitrogens with zero attached hydrogens (tertiary/aromatic N) is 1. The fourth-order valence-electron chi connectivity index (χ4n) is 2.75. The van der Waals surface area contributed by atoms with Crippen LogP contribution in [0.15, 0.2) is 18.2 Å². The van der Waals surface area contributed by atoms with Gasteiger partial charge in [0.05, 0.1) is 6.61 Å². The van der Waals surface area contributed by atoms with E-state index in [2.05, 4.69) is 10.2 Å².